The van der Waals surface area contributed by atoms with Gasteiger partial charge in [-0.3, -0.25) is 4.79 Å². The minimum absolute atomic E-state index is 0.0187. The molecule has 0 aromatic heterocycles. The molecule has 2 amide bonds. The van der Waals surface area contributed by atoms with Gasteiger partial charge in [0.25, 0.3) is 5.91 Å². The van der Waals surface area contributed by atoms with Crippen LogP contribution in [0.3, 0.4) is 0 Å². The summed E-state index contributed by atoms with van der Waals surface area (Å²) >= 11 is 0. The lowest BCUT2D eigenvalue weighted by molar-refractivity contribution is -0.144. The zero-order chi connectivity index (χ0) is 24.4. The molecule has 0 spiro atoms. The molecule has 0 saturated heterocycles. The first-order valence-electron chi connectivity index (χ1n) is 9.99. The van der Waals surface area contributed by atoms with E-state index >= 15 is 0 Å². The fourth-order valence-electron chi connectivity index (χ4n) is 2.48. The summed E-state index contributed by atoms with van der Waals surface area (Å²) in [7, 11) is 1.20. The molecule has 0 unspecified atom stereocenters. The number of aliphatic hydroxyl groups excluding tert-OH is 1. The number of carbonyl (C=O) groups is 3. The van der Waals surface area contributed by atoms with Crippen LogP contribution in [-0.2, 0) is 14.3 Å². The van der Waals surface area contributed by atoms with Crippen molar-refractivity contribution in [1.29, 1.82) is 0 Å². The fraction of sp³-hybridized carbons (Fsp3) is 0.458. The Morgan fingerprint density at radius 3 is 2.22 bits per heavy atom. The van der Waals surface area contributed by atoms with Crippen molar-refractivity contribution in [2.24, 2.45) is 0 Å². The maximum atomic E-state index is 12.7. The molecule has 8 heteroatoms. The van der Waals surface area contributed by atoms with Crippen LogP contribution in [0, 0.1) is 23.7 Å². The zero-order valence-electron chi connectivity index (χ0n) is 19.3. The Kier molecular flexibility index (Phi) is 9.77. The highest BCUT2D eigenvalue weighted by Gasteiger charge is 2.39. The number of rotatable bonds is 6. The maximum Gasteiger partial charge on any atom is 0.408 e. The molecule has 0 aliphatic rings. The second-order valence-corrected chi connectivity index (χ2v) is 8.38. The van der Waals surface area contributed by atoms with Crippen LogP contribution in [0.2, 0.25) is 0 Å². The highest BCUT2D eigenvalue weighted by Crippen LogP contribution is 2.15. The summed E-state index contributed by atoms with van der Waals surface area (Å²) in [6.45, 7) is 8.29. The fourth-order valence-corrected chi connectivity index (χ4v) is 2.48. The Balaban J connectivity index is 2.95. The molecule has 0 aliphatic heterocycles. The van der Waals surface area contributed by atoms with Gasteiger partial charge in [-0.2, -0.15) is 0 Å². The van der Waals surface area contributed by atoms with Crippen molar-refractivity contribution in [2.45, 2.75) is 58.2 Å². The molecular formula is C24H30N2O6. The van der Waals surface area contributed by atoms with Crippen LogP contribution in [0.4, 0.5) is 4.79 Å². The SMILES string of the molecule is COC(=O)[C@@H](NC(=O)c1ccc(C#CC#CCCO)cc1)C(C)(C)NC(=O)OC(C)(C)C. The number of methoxy groups -OCH3 is 1. The van der Waals surface area contributed by atoms with Crippen LogP contribution < -0.4 is 10.6 Å². The lowest BCUT2D eigenvalue weighted by atomic mass is 9.94. The summed E-state index contributed by atoms with van der Waals surface area (Å²) in [5.41, 5.74) is -0.983. The molecule has 0 bridgehead atoms. The number of nitrogens with one attached hydrogen (secondary N) is 2. The van der Waals surface area contributed by atoms with Gasteiger partial charge >= 0.3 is 12.1 Å². The molecule has 3 N–H and O–H groups in total. The Hall–Kier alpha value is -3.49. The third-order valence-corrected chi connectivity index (χ3v) is 4.00. The summed E-state index contributed by atoms with van der Waals surface area (Å²) in [5.74, 6) is 9.55. The average molecular weight is 443 g/mol. The number of ether oxygens (including phenoxy) is 2. The summed E-state index contributed by atoms with van der Waals surface area (Å²) < 4.78 is 10.1. The quantitative estimate of drug-likeness (QED) is 0.459. The molecule has 0 aliphatic carbocycles. The third kappa shape index (κ3) is 9.11. The number of aliphatic hydroxyl groups is 1. The van der Waals surface area contributed by atoms with E-state index in [1.54, 1.807) is 58.9 Å². The maximum absolute atomic E-state index is 12.7. The van der Waals surface area contributed by atoms with Crippen molar-refractivity contribution in [3.63, 3.8) is 0 Å². The lowest BCUT2D eigenvalue weighted by Crippen LogP contribution is -2.62. The molecular weight excluding hydrogens is 412 g/mol. The van der Waals surface area contributed by atoms with Crippen LogP contribution >= 0.6 is 0 Å². The molecule has 32 heavy (non-hydrogen) atoms. The largest absolute Gasteiger partial charge is 0.467 e. The van der Waals surface area contributed by atoms with Gasteiger partial charge in [0, 0.05) is 17.5 Å². The molecule has 1 rings (SSSR count). The molecule has 0 radical (unpaired) electrons. The average Bonchev–Trinajstić information content (AvgIpc) is 2.69. The predicted octanol–water partition coefficient (Wildman–Crippen LogP) is 2.00. The lowest BCUT2D eigenvalue weighted by Gasteiger charge is -2.34. The second-order valence-electron chi connectivity index (χ2n) is 8.38. The summed E-state index contributed by atoms with van der Waals surface area (Å²) in [4.78, 5) is 37.3. The monoisotopic (exact) mass is 442 g/mol. The van der Waals surface area contributed by atoms with Crippen molar-refractivity contribution in [2.75, 3.05) is 13.7 Å². The molecule has 0 heterocycles. The standard InChI is InChI=1S/C24H30N2O6/c1-23(2,3)32-22(30)26-24(4,5)19(21(29)31-6)25-20(28)18-14-12-17(13-15-18)11-9-7-8-10-16-27/h12-15,19,27H,10,16H2,1-6H3,(H,25,28)(H,26,30)/t19-/m1/s1. The number of carbonyl (C=O) groups excluding carboxylic acids is 3. The molecule has 8 nitrogen and oxygen atoms in total. The number of hydrogen-bond donors (Lipinski definition) is 3. The van der Waals surface area contributed by atoms with E-state index in [-0.39, 0.29) is 6.61 Å². The molecule has 0 fully saturated rings. The summed E-state index contributed by atoms with van der Waals surface area (Å²) in [6, 6.07) is 5.24. The van der Waals surface area contributed by atoms with Gasteiger partial charge in [0.2, 0.25) is 0 Å². The molecule has 172 valence electrons. The zero-order valence-corrected chi connectivity index (χ0v) is 19.3. The third-order valence-electron chi connectivity index (χ3n) is 4.00. The normalized spacial score (nSPS) is 11.6. The van der Waals surface area contributed by atoms with E-state index in [1.165, 1.54) is 7.11 Å². The number of esters is 1. The number of benzene rings is 1. The van der Waals surface area contributed by atoms with E-state index in [0.29, 0.717) is 17.5 Å². The van der Waals surface area contributed by atoms with Crippen LogP contribution in [0.15, 0.2) is 24.3 Å². The van der Waals surface area contributed by atoms with Crippen molar-refractivity contribution >= 4 is 18.0 Å². The first kappa shape index (κ1) is 26.5. The van der Waals surface area contributed by atoms with Crippen molar-refractivity contribution < 1.29 is 29.0 Å². The van der Waals surface area contributed by atoms with Gasteiger partial charge in [-0.05, 0) is 70.7 Å². The van der Waals surface area contributed by atoms with Gasteiger partial charge in [-0.1, -0.05) is 11.8 Å². The smallest absolute Gasteiger partial charge is 0.408 e. The van der Waals surface area contributed by atoms with Crippen LogP contribution in [0.1, 0.15) is 57.0 Å². The van der Waals surface area contributed by atoms with Gasteiger partial charge in [-0.15, -0.1) is 0 Å². The van der Waals surface area contributed by atoms with Crippen molar-refractivity contribution in [3.05, 3.63) is 35.4 Å². The first-order valence-corrected chi connectivity index (χ1v) is 9.99. The Morgan fingerprint density at radius 2 is 1.69 bits per heavy atom. The minimum Gasteiger partial charge on any atom is -0.467 e. The van der Waals surface area contributed by atoms with E-state index in [0.717, 1.165) is 0 Å². The highest BCUT2D eigenvalue weighted by atomic mass is 16.6. The predicted molar refractivity (Wildman–Crippen MR) is 120 cm³/mol. The molecule has 1 atom stereocenters. The number of hydrogen-bond acceptors (Lipinski definition) is 6. The first-order chi connectivity index (χ1) is 14.9. The van der Waals surface area contributed by atoms with E-state index in [2.05, 4.69) is 34.3 Å². The van der Waals surface area contributed by atoms with Gasteiger partial charge in [-0.25, -0.2) is 9.59 Å². The van der Waals surface area contributed by atoms with E-state index in [1.807, 2.05) is 0 Å². The van der Waals surface area contributed by atoms with Gasteiger partial charge < -0.3 is 25.2 Å². The van der Waals surface area contributed by atoms with Gasteiger partial charge in [0.05, 0.1) is 19.3 Å². The van der Waals surface area contributed by atoms with Crippen molar-refractivity contribution in [1.82, 2.24) is 10.6 Å². The molecule has 1 aromatic rings. The molecule has 0 saturated carbocycles. The topological polar surface area (TPSA) is 114 Å². The Morgan fingerprint density at radius 1 is 1.06 bits per heavy atom. The van der Waals surface area contributed by atoms with E-state index in [9.17, 15) is 14.4 Å². The Bertz CT molecular complexity index is 937. The van der Waals surface area contributed by atoms with Crippen LogP contribution in [-0.4, -0.2) is 54.0 Å². The van der Waals surface area contributed by atoms with E-state index < -0.39 is 35.2 Å². The summed E-state index contributed by atoms with van der Waals surface area (Å²) in [6.07, 6.45) is -0.371. The molecule has 1 aromatic carbocycles. The van der Waals surface area contributed by atoms with E-state index in [4.69, 9.17) is 14.6 Å². The second kappa shape index (κ2) is 11.8. The Labute approximate surface area is 189 Å². The number of alkyl carbamates (subject to hydrolysis) is 1. The van der Waals surface area contributed by atoms with Crippen molar-refractivity contribution in [3.8, 4) is 23.7 Å². The minimum atomic E-state index is -1.20. The van der Waals surface area contributed by atoms with Gasteiger partial charge in [0.1, 0.15) is 11.6 Å². The summed E-state index contributed by atoms with van der Waals surface area (Å²) in [5, 5.41) is 13.9. The highest BCUT2D eigenvalue weighted by molar-refractivity contribution is 5.97. The number of amides is 2. The van der Waals surface area contributed by atoms with Crippen LogP contribution in [0.5, 0.6) is 0 Å². The van der Waals surface area contributed by atoms with Crippen LogP contribution in [0.25, 0.3) is 0 Å². The van der Waals surface area contributed by atoms with Gasteiger partial charge in [0.15, 0.2) is 0 Å².